The molecule has 0 spiro atoms. The maximum atomic E-state index is 11.4. The summed E-state index contributed by atoms with van der Waals surface area (Å²) in [5.74, 6) is 0. The van der Waals surface area contributed by atoms with Crippen LogP contribution in [0, 0.1) is 5.41 Å². The molecule has 0 bridgehead atoms. The summed E-state index contributed by atoms with van der Waals surface area (Å²) in [6, 6.07) is 7.06. The van der Waals surface area contributed by atoms with Gasteiger partial charge in [0.05, 0.1) is 4.90 Å². The van der Waals surface area contributed by atoms with E-state index in [9.17, 15) is 8.42 Å². The summed E-state index contributed by atoms with van der Waals surface area (Å²) in [5.41, 5.74) is 6.67. The number of nitrogens with two attached hydrogens (primary N) is 1. The molecule has 16 heavy (non-hydrogen) atoms. The molecule has 0 saturated carbocycles. The van der Waals surface area contributed by atoms with Gasteiger partial charge in [0.15, 0.2) is 9.84 Å². The summed E-state index contributed by atoms with van der Waals surface area (Å²) in [6.07, 6.45) is 2.01. The summed E-state index contributed by atoms with van der Waals surface area (Å²) in [5, 5.41) is 0. The first-order chi connectivity index (χ1) is 7.24. The van der Waals surface area contributed by atoms with E-state index >= 15 is 0 Å². The van der Waals surface area contributed by atoms with E-state index in [4.69, 9.17) is 5.73 Å². The molecule has 3 nitrogen and oxygen atoms in total. The Bertz CT molecular complexity index is 464. The van der Waals surface area contributed by atoms with E-state index in [2.05, 4.69) is 13.8 Å². The normalized spacial score (nSPS) is 12.8. The zero-order valence-corrected chi connectivity index (χ0v) is 10.8. The van der Waals surface area contributed by atoms with Crippen molar-refractivity contribution in [2.24, 2.45) is 11.1 Å². The van der Waals surface area contributed by atoms with Crippen LogP contribution in [-0.2, 0) is 16.3 Å². The number of rotatable bonds is 4. The van der Waals surface area contributed by atoms with Gasteiger partial charge in [-0.1, -0.05) is 26.0 Å². The van der Waals surface area contributed by atoms with Crippen molar-refractivity contribution in [3.63, 3.8) is 0 Å². The van der Waals surface area contributed by atoms with Crippen molar-refractivity contribution in [1.82, 2.24) is 0 Å². The molecule has 0 aliphatic heterocycles. The van der Waals surface area contributed by atoms with Crippen LogP contribution in [0.25, 0.3) is 0 Å². The molecule has 2 N–H and O–H groups in total. The SMILES string of the molecule is CC(C)(CN)Cc1cccc(S(C)(=O)=O)c1. The Morgan fingerprint density at radius 1 is 1.31 bits per heavy atom. The molecule has 0 aliphatic rings. The van der Waals surface area contributed by atoms with Crippen LogP contribution in [0.5, 0.6) is 0 Å². The minimum Gasteiger partial charge on any atom is -0.330 e. The van der Waals surface area contributed by atoms with Crippen molar-refractivity contribution in [2.75, 3.05) is 12.8 Å². The molecule has 90 valence electrons. The lowest BCUT2D eigenvalue weighted by atomic mass is 9.86. The van der Waals surface area contributed by atoms with Gasteiger partial charge in [0, 0.05) is 6.26 Å². The first kappa shape index (κ1) is 13.2. The highest BCUT2D eigenvalue weighted by Crippen LogP contribution is 2.21. The molecule has 4 heteroatoms. The lowest BCUT2D eigenvalue weighted by Gasteiger charge is -2.22. The minimum atomic E-state index is -3.12. The van der Waals surface area contributed by atoms with Crippen LogP contribution < -0.4 is 5.73 Å². The molecule has 0 unspecified atom stereocenters. The number of hydrogen-bond donors (Lipinski definition) is 1. The third-order valence-electron chi connectivity index (χ3n) is 2.56. The van der Waals surface area contributed by atoms with Crippen LogP contribution in [0.15, 0.2) is 29.2 Å². The summed E-state index contributed by atoms with van der Waals surface area (Å²) in [7, 11) is -3.12. The van der Waals surface area contributed by atoms with Gasteiger partial charge in [0.1, 0.15) is 0 Å². The standard InChI is InChI=1S/C12H19NO2S/c1-12(2,9-13)8-10-5-4-6-11(7-10)16(3,14)15/h4-7H,8-9,13H2,1-3H3. The van der Waals surface area contributed by atoms with Gasteiger partial charge in [-0.05, 0) is 36.1 Å². The molecular weight excluding hydrogens is 222 g/mol. The van der Waals surface area contributed by atoms with Gasteiger partial charge in [-0.2, -0.15) is 0 Å². The molecule has 1 aromatic rings. The fourth-order valence-electron chi connectivity index (χ4n) is 1.51. The summed E-state index contributed by atoms with van der Waals surface area (Å²) >= 11 is 0. The average Bonchev–Trinajstić information content (AvgIpc) is 2.16. The van der Waals surface area contributed by atoms with Crippen LogP contribution in [0.4, 0.5) is 0 Å². The number of sulfone groups is 1. The topological polar surface area (TPSA) is 60.2 Å². The van der Waals surface area contributed by atoms with Gasteiger partial charge in [0.25, 0.3) is 0 Å². The van der Waals surface area contributed by atoms with Crippen molar-refractivity contribution in [1.29, 1.82) is 0 Å². The predicted molar refractivity (Wildman–Crippen MR) is 66.1 cm³/mol. The Morgan fingerprint density at radius 2 is 1.94 bits per heavy atom. The van der Waals surface area contributed by atoms with E-state index in [-0.39, 0.29) is 5.41 Å². The minimum absolute atomic E-state index is 0.00384. The molecule has 0 aromatic heterocycles. The monoisotopic (exact) mass is 241 g/mol. The second-order valence-electron chi connectivity index (χ2n) is 4.96. The zero-order valence-electron chi connectivity index (χ0n) is 10.0. The summed E-state index contributed by atoms with van der Waals surface area (Å²) < 4.78 is 22.8. The Hall–Kier alpha value is -0.870. The lowest BCUT2D eigenvalue weighted by Crippen LogP contribution is -2.25. The molecule has 0 fully saturated rings. The first-order valence-corrected chi connectivity index (χ1v) is 7.13. The van der Waals surface area contributed by atoms with Gasteiger partial charge in [0.2, 0.25) is 0 Å². The van der Waals surface area contributed by atoms with E-state index in [1.807, 2.05) is 6.07 Å². The molecule has 0 atom stereocenters. The van der Waals surface area contributed by atoms with Crippen molar-refractivity contribution >= 4 is 9.84 Å². The van der Waals surface area contributed by atoms with Crippen LogP contribution in [-0.4, -0.2) is 21.2 Å². The van der Waals surface area contributed by atoms with Gasteiger partial charge in [-0.3, -0.25) is 0 Å². The van der Waals surface area contributed by atoms with E-state index in [0.717, 1.165) is 12.0 Å². The summed E-state index contributed by atoms with van der Waals surface area (Å²) in [4.78, 5) is 0.373. The number of hydrogen-bond acceptors (Lipinski definition) is 3. The fraction of sp³-hybridized carbons (Fsp3) is 0.500. The Morgan fingerprint density at radius 3 is 2.44 bits per heavy atom. The highest BCUT2D eigenvalue weighted by molar-refractivity contribution is 7.90. The predicted octanol–water partition coefficient (Wildman–Crippen LogP) is 1.62. The van der Waals surface area contributed by atoms with Crippen molar-refractivity contribution < 1.29 is 8.42 Å². The van der Waals surface area contributed by atoms with Crippen LogP contribution in [0.3, 0.4) is 0 Å². The maximum absolute atomic E-state index is 11.4. The third-order valence-corrected chi connectivity index (χ3v) is 3.67. The van der Waals surface area contributed by atoms with Crippen LogP contribution in [0.1, 0.15) is 19.4 Å². The van der Waals surface area contributed by atoms with Gasteiger partial charge < -0.3 is 5.73 Å². The molecule has 1 rings (SSSR count). The average molecular weight is 241 g/mol. The molecule has 0 radical (unpaired) electrons. The molecule has 0 heterocycles. The van der Waals surface area contributed by atoms with Gasteiger partial charge >= 0.3 is 0 Å². The highest BCUT2D eigenvalue weighted by atomic mass is 32.2. The molecule has 0 aliphatic carbocycles. The van der Waals surface area contributed by atoms with Gasteiger partial charge in [-0.25, -0.2) is 8.42 Å². The molecule has 0 amide bonds. The molecule has 1 aromatic carbocycles. The number of benzene rings is 1. The van der Waals surface area contributed by atoms with Crippen molar-refractivity contribution in [3.8, 4) is 0 Å². The second kappa shape index (κ2) is 4.55. The van der Waals surface area contributed by atoms with Crippen molar-refractivity contribution in [3.05, 3.63) is 29.8 Å². The lowest BCUT2D eigenvalue weighted by molar-refractivity contribution is 0.376. The zero-order chi connectivity index (χ0) is 12.4. The Kier molecular flexibility index (Phi) is 3.76. The smallest absolute Gasteiger partial charge is 0.175 e. The van der Waals surface area contributed by atoms with Crippen LogP contribution in [0.2, 0.25) is 0 Å². The highest BCUT2D eigenvalue weighted by Gasteiger charge is 2.17. The van der Waals surface area contributed by atoms with E-state index < -0.39 is 9.84 Å². The van der Waals surface area contributed by atoms with Gasteiger partial charge in [-0.15, -0.1) is 0 Å². The molecule has 0 saturated heterocycles. The van der Waals surface area contributed by atoms with Crippen molar-refractivity contribution in [2.45, 2.75) is 25.2 Å². The third kappa shape index (κ3) is 3.61. The quantitative estimate of drug-likeness (QED) is 0.871. The van der Waals surface area contributed by atoms with E-state index in [1.165, 1.54) is 6.26 Å². The molecular formula is C12H19NO2S. The second-order valence-corrected chi connectivity index (χ2v) is 6.98. The largest absolute Gasteiger partial charge is 0.330 e. The van der Waals surface area contributed by atoms with E-state index in [1.54, 1.807) is 18.2 Å². The first-order valence-electron chi connectivity index (χ1n) is 5.24. The fourth-order valence-corrected chi connectivity index (χ4v) is 2.20. The Labute approximate surface area is 97.6 Å². The van der Waals surface area contributed by atoms with E-state index in [0.29, 0.717) is 11.4 Å². The summed E-state index contributed by atoms with van der Waals surface area (Å²) in [6.45, 7) is 4.72. The maximum Gasteiger partial charge on any atom is 0.175 e. The Balaban J connectivity index is 3.01. The van der Waals surface area contributed by atoms with Crippen LogP contribution >= 0.6 is 0 Å².